The number of sulfonamides is 1. The van der Waals surface area contributed by atoms with Crippen molar-refractivity contribution in [2.45, 2.75) is 4.90 Å². The van der Waals surface area contributed by atoms with E-state index in [1.165, 1.54) is 6.07 Å². The summed E-state index contributed by atoms with van der Waals surface area (Å²) in [6, 6.07) is 1.77. The Morgan fingerprint density at radius 2 is 1.75 bits per heavy atom. The lowest BCUT2D eigenvalue weighted by Gasteiger charge is -2.08. The van der Waals surface area contributed by atoms with Crippen LogP contribution >= 0.6 is 11.6 Å². The van der Waals surface area contributed by atoms with Crippen LogP contribution in [-0.4, -0.2) is 18.4 Å². The molecule has 0 aliphatic heterocycles. The Bertz CT molecular complexity index is 747. The Morgan fingerprint density at radius 3 is 2.30 bits per heavy atom. The van der Waals surface area contributed by atoms with Crippen LogP contribution in [0.5, 0.6) is 0 Å². The molecule has 0 radical (unpaired) electrons. The summed E-state index contributed by atoms with van der Waals surface area (Å²) >= 11 is 5.52. The highest BCUT2D eigenvalue weighted by Gasteiger charge is 2.26. The first kappa shape index (κ1) is 14.5. The SMILES string of the molecule is O=S(=O)(Nc1nccc(Cl)n1)c1c(F)cc(F)cc1F. The van der Waals surface area contributed by atoms with Gasteiger partial charge in [0.1, 0.15) is 22.6 Å². The van der Waals surface area contributed by atoms with Crippen LogP contribution in [0.15, 0.2) is 29.3 Å². The fraction of sp³-hybridized carbons (Fsp3) is 0. The van der Waals surface area contributed by atoms with Crippen LogP contribution in [0, 0.1) is 17.5 Å². The van der Waals surface area contributed by atoms with Crippen molar-refractivity contribution >= 4 is 27.6 Å². The first-order valence-electron chi connectivity index (χ1n) is 4.95. The number of halogens is 4. The normalized spacial score (nSPS) is 11.4. The minimum absolute atomic E-state index is 0.0715. The van der Waals surface area contributed by atoms with Crippen molar-refractivity contribution in [3.05, 3.63) is 47.0 Å². The quantitative estimate of drug-likeness (QED) is 0.880. The molecule has 0 aliphatic carbocycles. The van der Waals surface area contributed by atoms with Crippen LogP contribution in [0.25, 0.3) is 0 Å². The molecule has 0 spiro atoms. The molecule has 0 saturated carbocycles. The van der Waals surface area contributed by atoms with Crippen molar-refractivity contribution in [3.8, 4) is 0 Å². The van der Waals surface area contributed by atoms with Crippen molar-refractivity contribution in [2.24, 2.45) is 0 Å². The van der Waals surface area contributed by atoms with E-state index in [0.29, 0.717) is 0 Å². The lowest BCUT2D eigenvalue weighted by Crippen LogP contribution is -2.18. The summed E-state index contributed by atoms with van der Waals surface area (Å²) in [7, 11) is -4.66. The highest BCUT2D eigenvalue weighted by atomic mass is 35.5. The van der Waals surface area contributed by atoms with E-state index in [1.807, 2.05) is 0 Å². The fourth-order valence-electron chi connectivity index (χ4n) is 1.34. The molecule has 106 valence electrons. The topological polar surface area (TPSA) is 72.0 Å². The maximum atomic E-state index is 13.4. The monoisotopic (exact) mass is 323 g/mol. The predicted octanol–water partition coefficient (Wildman–Crippen LogP) is 2.35. The molecule has 1 aromatic heterocycles. The summed E-state index contributed by atoms with van der Waals surface area (Å²) in [5.74, 6) is -4.85. The standard InChI is InChI=1S/C10H5ClF3N3O2S/c11-8-1-2-15-10(16-8)17-20(18,19)9-6(13)3-5(12)4-7(9)14/h1-4H,(H,15,16,17). The van der Waals surface area contributed by atoms with Gasteiger partial charge >= 0.3 is 0 Å². The molecular formula is C10H5ClF3N3O2S. The van der Waals surface area contributed by atoms with Gasteiger partial charge in [-0.1, -0.05) is 11.6 Å². The van der Waals surface area contributed by atoms with Gasteiger partial charge in [0.05, 0.1) is 0 Å². The Hall–Kier alpha value is -1.87. The number of anilines is 1. The van der Waals surface area contributed by atoms with Crippen molar-refractivity contribution in [1.82, 2.24) is 9.97 Å². The summed E-state index contributed by atoms with van der Waals surface area (Å²) in [5, 5.41) is -0.0715. The van der Waals surface area contributed by atoms with E-state index in [1.54, 1.807) is 4.72 Å². The van der Waals surface area contributed by atoms with E-state index in [2.05, 4.69) is 9.97 Å². The van der Waals surface area contributed by atoms with E-state index >= 15 is 0 Å². The van der Waals surface area contributed by atoms with Crippen LogP contribution in [0.1, 0.15) is 0 Å². The van der Waals surface area contributed by atoms with Crippen molar-refractivity contribution in [1.29, 1.82) is 0 Å². The summed E-state index contributed by atoms with van der Waals surface area (Å²) in [6.45, 7) is 0. The van der Waals surface area contributed by atoms with Gasteiger partial charge in [-0.05, 0) is 6.07 Å². The van der Waals surface area contributed by atoms with Gasteiger partial charge < -0.3 is 0 Å². The van der Waals surface area contributed by atoms with E-state index in [4.69, 9.17) is 11.6 Å². The van der Waals surface area contributed by atoms with Gasteiger partial charge in [0.25, 0.3) is 10.0 Å². The van der Waals surface area contributed by atoms with Crippen molar-refractivity contribution in [2.75, 3.05) is 4.72 Å². The minimum atomic E-state index is -4.66. The second kappa shape index (κ2) is 5.25. The van der Waals surface area contributed by atoms with Gasteiger partial charge in [-0.15, -0.1) is 0 Å². The molecule has 0 aliphatic rings. The van der Waals surface area contributed by atoms with Gasteiger partial charge in [0, 0.05) is 18.3 Å². The van der Waals surface area contributed by atoms with Gasteiger partial charge in [0.2, 0.25) is 5.95 Å². The third kappa shape index (κ3) is 2.99. The average Bonchev–Trinajstić information content (AvgIpc) is 2.25. The van der Waals surface area contributed by atoms with Crippen LogP contribution < -0.4 is 4.72 Å². The number of hydrogen-bond donors (Lipinski definition) is 1. The number of benzene rings is 1. The van der Waals surface area contributed by atoms with Crippen LogP contribution in [0.3, 0.4) is 0 Å². The third-order valence-electron chi connectivity index (χ3n) is 2.08. The number of rotatable bonds is 3. The molecule has 1 N–H and O–H groups in total. The number of nitrogens with one attached hydrogen (secondary N) is 1. The zero-order valence-electron chi connectivity index (χ0n) is 9.44. The minimum Gasteiger partial charge on any atom is -0.247 e. The van der Waals surface area contributed by atoms with E-state index < -0.39 is 38.3 Å². The molecule has 0 bridgehead atoms. The van der Waals surface area contributed by atoms with Crippen LogP contribution in [0.2, 0.25) is 5.15 Å². The number of nitrogens with zero attached hydrogens (tertiary/aromatic N) is 2. The second-order valence-electron chi connectivity index (χ2n) is 3.51. The molecule has 20 heavy (non-hydrogen) atoms. The number of aromatic nitrogens is 2. The first-order valence-corrected chi connectivity index (χ1v) is 6.81. The summed E-state index contributed by atoms with van der Waals surface area (Å²) in [6.07, 6.45) is 1.14. The van der Waals surface area contributed by atoms with E-state index in [0.717, 1.165) is 6.20 Å². The lowest BCUT2D eigenvalue weighted by atomic mass is 10.3. The van der Waals surface area contributed by atoms with Crippen molar-refractivity contribution < 1.29 is 21.6 Å². The predicted molar refractivity (Wildman–Crippen MR) is 64.2 cm³/mol. The molecule has 1 heterocycles. The maximum absolute atomic E-state index is 13.4. The molecule has 0 amide bonds. The molecule has 2 rings (SSSR count). The lowest BCUT2D eigenvalue weighted by molar-refractivity contribution is 0.498. The molecule has 0 unspecified atom stereocenters. The van der Waals surface area contributed by atoms with Gasteiger partial charge in [-0.3, -0.25) is 0 Å². The van der Waals surface area contributed by atoms with E-state index in [9.17, 15) is 21.6 Å². The first-order chi connectivity index (χ1) is 9.29. The molecule has 1 aromatic carbocycles. The molecule has 5 nitrogen and oxygen atoms in total. The summed E-state index contributed by atoms with van der Waals surface area (Å²) in [4.78, 5) is 5.70. The zero-order chi connectivity index (χ0) is 14.9. The molecule has 2 aromatic rings. The van der Waals surface area contributed by atoms with Gasteiger partial charge in [-0.2, -0.15) is 0 Å². The fourth-order valence-corrected chi connectivity index (χ4v) is 2.55. The van der Waals surface area contributed by atoms with Crippen LogP contribution in [-0.2, 0) is 10.0 Å². The van der Waals surface area contributed by atoms with Crippen LogP contribution in [0.4, 0.5) is 19.1 Å². The van der Waals surface area contributed by atoms with Crippen molar-refractivity contribution in [3.63, 3.8) is 0 Å². The summed E-state index contributed by atoms with van der Waals surface area (Å²) in [5.41, 5.74) is 0. The zero-order valence-corrected chi connectivity index (χ0v) is 11.0. The molecule has 10 heteroatoms. The third-order valence-corrected chi connectivity index (χ3v) is 3.67. The molecule has 0 saturated heterocycles. The average molecular weight is 324 g/mol. The Labute approximate surface area is 116 Å². The number of hydrogen-bond acceptors (Lipinski definition) is 4. The molecule has 0 fully saturated rings. The largest absolute Gasteiger partial charge is 0.270 e. The van der Waals surface area contributed by atoms with Gasteiger partial charge in [0.15, 0.2) is 4.90 Å². The second-order valence-corrected chi connectivity index (χ2v) is 5.51. The molecular weight excluding hydrogens is 319 g/mol. The van der Waals surface area contributed by atoms with E-state index in [-0.39, 0.29) is 17.3 Å². The Kier molecular flexibility index (Phi) is 3.82. The highest BCUT2D eigenvalue weighted by Crippen LogP contribution is 2.22. The Morgan fingerprint density at radius 1 is 1.15 bits per heavy atom. The highest BCUT2D eigenvalue weighted by molar-refractivity contribution is 7.92. The maximum Gasteiger partial charge on any atom is 0.270 e. The van der Waals surface area contributed by atoms with Gasteiger partial charge in [-0.25, -0.2) is 36.3 Å². The smallest absolute Gasteiger partial charge is 0.247 e. The summed E-state index contributed by atoms with van der Waals surface area (Å²) < 4.78 is 65.0. The Balaban J connectivity index is 2.46. The molecule has 0 atom stereocenters.